The summed E-state index contributed by atoms with van der Waals surface area (Å²) < 4.78 is 0. The molecule has 0 aliphatic heterocycles. The van der Waals surface area contributed by atoms with Gasteiger partial charge in [0, 0.05) is 22.4 Å². The first-order chi connectivity index (χ1) is 10.7. The summed E-state index contributed by atoms with van der Waals surface area (Å²) in [5.41, 5.74) is 4.13. The van der Waals surface area contributed by atoms with E-state index in [4.69, 9.17) is 0 Å². The molecule has 0 fully saturated rings. The first-order valence-corrected chi connectivity index (χ1v) is 8.99. The smallest absolute Gasteiger partial charge is 0 e. The molecule has 3 aromatic carbocycles. The maximum atomic E-state index is 2.29. The quantitative estimate of drug-likeness (QED) is 0.370. The van der Waals surface area contributed by atoms with Gasteiger partial charge in [0.05, 0.1) is 0 Å². The number of aryl methyl sites for hydroxylation is 3. The first kappa shape index (κ1) is 18.2. The van der Waals surface area contributed by atoms with Crippen molar-refractivity contribution in [1.29, 1.82) is 0 Å². The average Bonchev–Trinajstić information content (AvgIpc) is 2.53. The topological polar surface area (TPSA) is 0 Å². The van der Waals surface area contributed by atoms with Crippen molar-refractivity contribution in [3.05, 3.63) is 89.5 Å². The number of rotatable bonds is 3. The van der Waals surface area contributed by atoms with Gasteiger partial charge in [-0.3, -0.25) is 0 Å². The van der Waals surface area contributed by atoms with Crippen molar-refractivity contribution in [3.63, 3.8) is 0 Å². The Morgan fingerprint density at radius 2 is 0.739 bits per heavy atom. The Bertz CT molecular complexity index is 687. The predicted octanol–water partition coefficient (Wildman–Crippen LogP) is 4.37. The molecule has 3 rings (SSSR count). The van der Waals surface area contributed by atoms with E-state index in [-0.39, 0.29) is 22.4 Å². The maximum absolute atomic E-state index is 2.29. The number of hydrogen-bond donors (Lipinski definition) is 0. The van der Waals surface area contributed by atoms with Crippen LogP contribution in [-0.4, -0.2) is 0 Å². The Labute approximate surface area is 156 Å². The molecule has 3 aromatic rings. The number of hydrogen-bond acceptors (Lipinski definition) is 0. The van der Waals surface area contributed by atoms with Gasteiger partial charge in [0.15, 0.2) is 0 Å². The van der Waals surface area contributed by atoms with Gasteiger partial charge >= 0.3 is 0 Å². The van der Waals surface area contributed by atoms with E-state index in [0.717, 1.165) is 0 Å². The van der Waals surface area contributed by atoms with Crippen molar-refractivity contribution in [1.82, 2.24) is 0 Å². The van der Waals surface area contributed by atoms with Gasteiger partial charge in [-0.1, -0.05) is 72.8 Å². The molecule has 0 N–H and O–H groups in total. The fourth-order valence-corrected chi connectivity index (χ4v) is 5.60. The minimum Gasteiger partial charge on any atom is -0.0620 e. The monoisotopic (exact) mass is 501 g/mol. The van der Waals surface area contributed by atoms with Crippen LogP contribution >= 0.6 is 7.92 Å². The van der Waals surface area contributed by atoms with Gasteiger partial charge < -0.3 is 0 Å². The van der Waals surface area contributed by atoms with Crippen molar-refractivity contribution in [2.45, 2.75) is 20.8 Å². The zero-order valence-electron chi connectivity index (χ0n) is 13.7. The van der Waals surface area contributed by atoms with Gasteiger partial charge in [-0.15, -0.1) is 0 Å². The minimum atomic E-state index is -0.508. The van der Waals surface area contributed by atoms with E-state index in [1.54, 1.807) is 0 Å². The Morgan fingerprint density at radius 1 is 0.478 bits per heavy atom. The standard InChI is InChI=1S/C21H21P.Au/c1-16-10-4-7-13-19(16)22(20-14-8-5-11-17(20)2)21-15-9-6-12-18(21)3;/h4-15H,1-3H3;. The SMILES string of the molecule is Cc1ccccc1P(c1ccccc1C)c1ccccc1C.[Au]. The van der Waals surface area contributed by atoms with Crippen LogP contribution in [0.1, 0.15) is 16.7 Å². The van der Waals surface area contributed by atoms with Crippen LogP contribution in [0.3, 0.4) is 0 Å². The molecule has 0 aliphatic rings. The van der Waals surface area contributed by atoms with Gasteiger partial charge in [0.25, 0.3) is 0 Å². The van der Waals surface area contributed by atoms with E-state index in [1.165, 1.54) is 32.6 Å². The molecule has 0 atom stereocenters. The Balaban J connectivity index is 0.00000192. The minimum absolute atomic E-state index is 0. The summed E-state index contributed by atoms with van der Waals surface area (Å²) in [6.07, 6.45) is 0. The Hall–Kier alpha value is -1.17. The molecule has 0 nitrogen and oxygen atoms in total. The van der Waals surface area contributed by atoms with Crippen molar-refractivity contribution >= 4 is 23.8 Å². The van der Waals surface area contributed by atoms with Crippen molar-refractivity contribution in [3.8, 4) is 0 Å². The summed E-state index contributed by atoms with van der Waals surface area (Å²) in [5, 5.41) is 4.38. The van der Waals surface area contributed by atoms with Crippen LogP contribution in [0.2, 0.25) is 0 Å². The summed E-state index contributed by atoms with van der Waals surface area (Å²) in [7, 11) is -0.508. The van der Waals surface area contributed by atoms with Gasteiger partial charge in [-0.25, -0.2) is 0 Å². The second-order valence-electron chi connectivity index (χ2n) is 5.69. The number of benzene rings is 3. The largest absolute Gasteiger partial charge is 0.0620 e. The summed E-state index contributed by atoms with van der Waals surface area (Å²) in [4.78, 5) is 0. The zero-order valence-corrected chi connectivity index (χ0v) is 16.7. The second-order valence-corrected chi connectivity index (χ2v) is 7.81. The van der Waals surface area contributed by atoms with Crippen LogP contribution in [0, 0.1) is 20.8 Å². The molecule has 0 bridgehead atoms. The van der Waals surface area contributed by atoms with E-state index in [9.17, 15) is 0 Å². The molecule has 0 spiro atoms. The Kier molecular flexibility index (Phi) is 6.39. The molecular formula is C21H21AuP. The summed E-state index contributed by atoms with van der Waals surface area (Å²) in [5.74, 6) is 0. The molecule has 0 amide bonds. The van der Waals surface area contributed by atoms with Crippen molar-refractivity contribution in [2.75, 3.05) is 0 Å². The molecule has 1 radical (unpaired) electrons. The fourth-order valence-electron chi connectivity index (χ4n) is 2.83. The van der Waals surface area contributed by atoms with E-state index in [0.29, 0.717) is 0 Å². The first-order valence-electron chi connectivity index (χ1n) is 7.65. The molecule has 0 heterocycles. The fraction of sp³-hybridized carbons (Fsp3) is 0.143. The molecule has 0 aromatic heterocycles. The zero-order chi connectivity index (χ0) is 15.5. The van der Waals surface area contributed by atoms with Gasteiger partial charge in [-0.05, 0) is 61.3 Å². The van der Waals surface area contributed by atoms with E-state index >= 15 is 0 Å². The maximum Gasteiger partial charge on any atom is 0 e. The van der Waals surface area contributed by atoms with Crippen LogP contribution in [0.15, 0.2) is 72.8 Å². The normalized spacial score (nSPS) is 10.4. The third-order valence-electron chi connectivity index (χ3n) is 4.07. The molecule has 0 unspecified atom stereocenters. The van der Waals surface area contributed by atoms with Gasteiger partial charge in [-0.2, -0.15) is 0 Å². The molecule has 121 valence electrons. The molecule has 0 saturated heterocycles. The van der Waals surface area contributed by atoms with Crippen molar-refractivity contribution < 1.29 is 22.4 Å². The Morgan fingerprint density at radius 3 is 1.00 bits per heavy atom. The average molecular weight is 501 g/mol. The molecule has 0 saturated carbocycles. The van der Waals surface area contributed by atoms with E-state index in [1.807, 2.05) is 0 Å². The van der Waals surface area contributed by atoms with Crippen molar-refractivity contribution in [2.24, 2.45) is 0 Å². The summed E-state index contributed by atoms with van der Waals surface area (Å²) in [6, 6.07) is 26.4. The van der Waals surface area contributed by atoms with Gasteiger partial charge in [0.1, 0.15) is 0 Å². The van der Waals surface area contributed by atoms with Crippen LogP contribution in [-0.2, 0) is 22.4 Å². The van der Waals surface area contributed by atoms with E-state index in [2.05, 4.69) is 93.6 Å². The molecule has 2 heteroatoms. The predicted molar refractivity (Wildman–Crippen MR) is 99.4 cm³/mol. The molecule has 0 aliphatic carbocycles. The molecular weight excluding hydrogens is 480 g/mol. The third-order valence-corrected chi connectivity index (χ3v) is 7.02. The molecule has 23 heavy (non-hydrogen) atoms. The van der Waals surface area contributed by atoms with Crippen LogP contribution < -0.4 is 15.9 Å². The second kappa shape index (κ2) is 8.08. The van der Waals surface area contributed by atoms with Crippen LogP contribution in [0.4, 0.5) is 0 Å². The third kappa shape index (κ3) is 3.84. The van der Waals surface area contributed by atoms with E-state index < -0.39 is 7.92 Å². The van der Waals surface area contributed by atoms with Crippen LogP contribution in [0.5, 0.6) is 0 Å². The summed E-state index contributed by atoms with van der Waals surface area (Å²) >= 11 is 0. The summed E-state index contributed by atoms with van der Waals surface area (Å²) in [6.45, 7) is 6.67. The van der Waals surface area contributed by atoms with Crippen LogP contribution in [0.25, 0.3) is 0 Å². The van der Waals surface area contributed by atoms with Gasteiger partial charge in [0.2, 0.25) is 0 Å².